The molecule has 158 valence electrons. The van der Waals surface area contributed by atoms with Gasteiger partial charge in [0.15, 0.2) is 0 Å². The van der Waals surface area contributed by atoms with Gasteiger partial charge in [0.05, 0.1) is 17.8 Å². The van der Waals surface area contributed by atoms with E-state index in [0.717, 1.165) is 49.9 Å². The van der Waals surface area contributed by atoms with E-state index in [9.17, 15) is 9.59 Å². The predicted octanol–water partition coefficient (Wildman–Crippen LogP) is 0.933. The molecule has 1 saturated heterocycles. The van der Waals surface area contributed by atoms with Crippen LogP contribution in [0.4, 0.5) is 0 Å². The zero-order chi connectivity index (χ0) is 20.5. The van der Waals surface area contributed by atoms with Gasteiger partial charge >= 0.3 is 0 Å². The number of likely N-dealkylation sites (tertiary alicyclic amines) is 1. The van der Waals surface area contributed by atoms with Gasteiger partial charge in [-0.25, -0.2) is 4.98 Å². The lowest BCUT2D eigenvalue weighted by Crippen LogP contribution is -2.42. The molecular weight excluding hydrogens is 380 g/mol. The molecule has 1 aliphatic carbocycles. The fraction of sp³-hybridized carbons (Fsp3) is 0.636. The second-order valence-electron chi connectivity index (χ2n) is 9.63. The van der Waals surface area contributed by atoms with E-state index in [1.807, 2.05) is 4.57 Å². The second-order valence-corrected chi connectivity index (χ2v) is 9.63. The van der Waals surface area contributed by atoms with Crippen LogP contribution in [0.1, 0.15) is 53.3 Å². The van der Waals surface area contributed by atoms with Crippen molar-refractivity contribution in [2.75, 3.05) is 26.2 Å². The van der Waals surface area contributed by atoms with Crippen LogP contribution in [0.3, 0.4) is 0 Å². The Kier molecular flexibility index (Phi) is 3.97. The van der Waals surface area contributed by atoms with Crippen molar-refractivity contribution in [3.8, 4) is 0 Å². The standard InChI is InChI=1S/C22H28N6O2/c1-25-8-4-18(24-25)20(30)27-9-5-17-16(13-27)19(29)28-11-7-22(21(28)23-17)6-10-26(14-22)12-15-2-3-15/h4,8,15H,2-3,5-7,9-14H2,1H3/t22-/m1/s1. The Morgan fingerprint density at radius 3 is 2.83 bits per heavy atom. The van der Waals surface area contributed by atoms with Crippen molar-refractivity contribution in [1.82, 2.24) is 29.1 Å². The minimum Gasteiger partial charge on any atom is -0.332 e. The fourth-order valence-corrected chi connectivity index (χ4v) is 5.60. The van der Waals surface area contributed by atoms with E-state index in [1.165, 1.54) is 19.4 Å². The van der Waals surface area contributed by atoms with E-state index in [0.29, 0.717) is 30.8 Å². The summed E-state index contributed by atoms with van der Waals surface area (Å²) in [5.41, 5.74) is 2.13. The maximum Gasteiger partial charge on any atom is 0.274 e. The van der Waals surface area contributed by atoms with E-state index in [2.05, 4.69) is 10.00 Å². The number of aryl methyl sites for hydroxylation is 1. The Morgan fingerprint density at radius 1 is 1.23 bits per heavy atom. The van der Waals surface area contributed by atoms with Crippen LogP contribution in [0.2, 0.25) is 0 Å². The minimum absolute atomic E-state index is 0.0456. The molecule has 1 spiro atoms. The first kappa shape index (κ1) is 18.3. The van der Waals surface area contributed by atoms with Gasteiger partial charge in [-0.1, -0.05) is 0 Å². The zero-order valence-electron chi connectivity index (χ0n) is 17.5. The molecule has 1 amide bonds. The van der Waals surface area contributed by atoms with E-state index >= 15 is 0 Å². The van der Waals surface area contributed by atoms with Crippen LogP contribution in [0.15, 0.2) is 17.1 Å². The van der Waals surface area contributed by atoms with Crippen molar-refractivity contribution in [2.45, 2.75) is 50.6 Å². The smallest absolute Gasteiger partial charge is 0.274 e. The average molecular weight is 409 g/mol. The van der Waals surface area contributed by atoms with Gasteiger partial charge in [0.25, 0.3) is 11.5 Å². The van der Waals surface area contributed by atoms with Gasteiger partial charge < -0.3 is 9.80 Å². The van der Waals surface area contributed by atoms with Crippen LogP contribution in [0.25, 0.3) is 0 Å². The number of amides is 1. The van der Waals surface area contributed by atoms with E-state index in [4.69, 9.17) is 4.98 Å². The maximum atomic E-state index is 13.4. The molecule has 0 radical (unpaired) electrons. The fourth-order valence-electron chi connectivity index (χ4n) is 5.60. The normalized spacial score (nSPS) is 25.7. The van der Waals surface area contributed by atoms with Crippen molar-refractivity contribution in [2.24, 2.45) is 13.0 Å². The largest absolute Gasteiger partial charge is 0.332 e. The number of carbonyl (C=O) groups excluding carboxylic acids is 1. The van der Waals surface area contributed by atoms with Crippen molar-refractivity contribution >= 4 is 5.91 Å². The molecule has 2 aromatic heterocycles. The molecule has 8 heteroatoms. The Bertz CT molecular complexity index is 1080. The number of fused-ring (bicyclic) bond motifs is 3. The molecule has 0 aromatic carbocycles. The summed E-state index contributed by atoms with van der Waals surface area (Å²) in [6.45, 7) is 5.03. The monoisotopic (exact) mass is 408 g/mol. The van der Waals surface area contributed by atoms with Gasteiger partial charge in [-0.05, 0) is 44.2 Å². The highest BCUT2D eigenvalue weighted by molar-refractivity contribution is 5.92. The van der Waals surface area contributed by atoms with Crippen molar-refractivity contribution in [3.63, 3.8) is 0 Å². The Hall–Kier alpha value is -2.48. The topological polar surface area (TPSA) is 76.3 Å². The molecule has 0 N–H and O–H groups in total. The molecule has 8 nitrogen and oxygen atoms in total. The minimum atomic E-state index is -0.117. The Morgan fingerprint density at radius 2 is 2.07 bits per heavy atom. The van der Waals surface area contributed by atoms with E-state index in [1.54, 1.807) is 28.9 Å². The first-order chi connectivity index (χ1) is 14.5. The Labute approximate surface area is 175 Å². The molecule has 0 bridgehead atoms. The first-order valence-electron chi connectivity index (χ1n) is 11.2. The van der Waals surface area contributed by atoms with Crippen LogP contribution in [-0.4, -0.2) is 61.2 Å². The highest BCUT2D eigenvalue weighted by atomic mass is 16.2. The van der Waals surface area contributed by atoms with Gasteiger partial charge in [0.1, 0.15) is 11.5 Å². The molecule has 1 saturated carbocycles. The highest BCUT2D eigenvalue weighted by Crippen LogP contribution is 2.42. The van der Waals surface area contributed by atoms with Gasteiger partial charge in [0, 0.05) is 51.3 Å². The zero-order valence-corrected chi connectivity index (χ0v) is 17.5. The molecule has 0 unspecified atom stereocenters. The van der Waals surface area contributed by atoms with E-state index in [-0.39, 0.29) is 16.9 Å². The summed E-state index contributed by atoms with van der Waals surface area (Å²) in [5.74, 6) is 1.78. The van der Waals surface area contributed by atoms with Gasteiger partial charge in [-0.15, -0.1) is 0 Å². The molecule has 5 heterocycles. The summed E-state index contributed by atoms with van der Waals surface area (Å²) in [6, 6.07) is 1.73. The summed E-state index contributed by atoms with van der Waals surface area (Å²) < 4.78 is 3.54. The highest BCUT2D eigenvalue weighted by Gasteiger charge is 2.47. The molecule has 3 aliphatic heterocycles. The number of carbonyl (C=O) groups is 1. The van der Waals surface area contributed by atoms with Crippen LogP contribution in [-0.2, 0) is 32.0 Å². The summed E-state index contributed by atoms with van der Waals surface area (Å²) >= 11 is 0. The van der Waals surface area contributed by atoms with Crippen LogP contribution >= 0.6 is 0 Å². The van der Waals surface area contributed by atoms with Crippen molar-refractivity contribution < 1.29 is 4.79 Å². The molecule has 30 heavy (non-hydrogen) atoms. The number of rotatable bonds is 3. The average Bonchev–Trinajstić information content (AvgIpc) is 3.14. The third-order valence-electron chi connectivity index (χ3n) is 7.47. The molecular formula is C22H28N6O2. The molecule has 2 fully saturated rings. The summed E-state index contributed by atoms with van der Waals surface area (Å²) in [5, 5.41) is 4.22. The third-order valence-corrected chi connectivity index (χ3v) is 7.47. The summed E-state index contributed by atoms with van der Waals surface area (Å²) in [7, 11) is 1.80. The van der Waals surface area contributed by atoms with Crippen LogP contribution in [0.5, 0.6) is 0 Å². The number of hydrogen-bond acceptors (Lipinski definition) is 5. The lowest BCUT2D eigenvalue weighted by Gasteiger charge is -2.29. The summed E-state index contributed by atoms with van der Waals surface area (Å²) in [4.78, 5) is 35.6. The molecule has 6 rings (SSSR count). The third kappa shape index (κ3) is 2.84. The molecule has 4 aliphatic rings. The predicted molar refractivity (Wildman–Crippen MR) is 110 cm³/mol. The van der Waals surface area contributed by atoms with Gasteiger partial charge in [-0.3, -0.25) is 18.8 Å². The lowest BCUT2D eigenvalue weighted by molar-refractivity contribution is 0.0725. The number of hydrogen-bond donors (Lipinski definition) is 0. The van der Waals surface area contributed by atoms with Crippen molar-refractivity contribution in [1.29, 1.82) is 0 Å². The summed E-state index contributed by atoms with van der Waals surface area (Å²) in [6.07, 6.45) is 7.27. The van der Waals surface area contributed by atoms with Crippen LogP contribution < -0.4 is 5.56 Å². The van der Waals surface area contributed by atoms with Gasteiger partial charge in [-0.2, -0.15) is 5.10 Å². The van der Waals surface area contributed by atoms with Crippen LogP contribution in [0, 0.1) is 5.92 Å². The molecule has 2 aromatic rings. The first-order valence-corrected chi connectivity index (χ1v) is 11.2. The second kappa shape index (κ2) is 6.51. The number of aromatic nitrogens is 4. The Balaban J connectivity index is 1.28. The lowest BCUT2D eigenvalue weighted by atomic mass is 9.85. The van der Waals surface area contributed by atoms with E-state index < -0.39 is 0 Å². The maximum absolute atomic E-state index is 13.4. The molecule has 1 atom stereocenters. The van der Waals surface area contributed by atoms with Crippen molar-refractivity contribution in [3.05, 3.63) is 45.4 Å². The quantitative estimate of drug-likeness (QED) is 0.755. The van der Waals surface area contributed by atoms with Gasteiger partial charge in [0.2, 0.25) is 0 Å². The number of nitrogens with zero attached hydrogens (tertiary/aromatic N) is 6. The SMILES string of the molecule is Cn1ccc(C(=O)N2CCc3nc4n(c(=O)c3C2)CC[C@@]42CCN(CC3CC3)C2)n1.